The van der Waals surface area contributed by atoms with E-state index in [4.69, 9.17) is 21.4 Å². The minimum absolute atomic E-state index is 0.0904. The number of aliphatic imine (C=N–C) groups is 1. The van der Waals surface area contributed by atoms with E-state index in [9.17, 15) is 4.79 Å². The van der Waals surface area contributed by atoms with Gasteiger partial charge in [0.1, 0.15) is 6.17 Å². The summed E-state index contributed by atoms with van der Waals surface area (Å²) in [5.74, 6) is 0.267. The first-order valence-electron chi connectivity index (χ1n) is 11.4. The van der Waals surface area contributed by atoms with Gasteiger partial charge in [0.25, 0.3) is 5.43 Å². The molecule has 1 fully saturated rings. The predicted molar refractivity (Wildman–Crippen MR) is 133 cm³/mol. The topological polar surface area (TPSA) is 77.5 Å². The molecule has 2 atom stereocenters. The molecule has 9 heteroatoms. The van der Waals surface area contributed by atoms with Crippen molar-refractivity contribution in [1.82, 2.24) is 24.5 Å². The van der Waals surface area contributed by atoms with Gasteiger partial charge in [0.15, 0.2) is 11.4 Å². The molecule has 0 bridgehead atoms. The molecule has 5 rings (SSSR count). The van der Waals surface area contributed by atoms with Crippen LogP contribution in [0.1, 0.15) is 25.8 Å². The van der Waals surface area contributed by atoms with Crippen LogP contribution in [0.2, 0.25) is 0 Å². The Bertz CT molecular complexity index is 1270. The number of benzene rings is 1. The van der Waals surface area contributed by atoms with Crippen molar-refractivity contribution in [3.05, 3.63) is 71.2 Å². The second-order valence-electron chi connectivity index (χ2n) is 8.77. The number of hydrogen-bond donors (Lipinski definition) is 0. The SMILES string of the molecule is COc1cn(C2CCN(C3N=CC=CC3(C)Cl)CC2)nc(-c2ccnn2-c2ccccc2)c1=O. The number of hydrogen-bond acceptors (Lipinski definition) is 6. The highest BCUT2D eigenvalue weighted by Gasteiger charge is 2.37. The fourth-order valence-electron chi connectivity index (χ4n) is 4.68. The minimum Gasteiger partial charge on any atom is -0.491 e. The molecule has 0 saturated carbocycles. The number of allylic oxidation sites excluding steroid dienone is 1. The largest absolute Gasteiger partial charge is 0.491 e. The molecule has 0 N–H and O–H groups in total. The third-order valence-corrected chi connectivity index (χ3v) is 6.79. The van der Waals surface area contributed by atoms with Crippen molar-refractivity contribution < 1.29 is 4.74 Å². The van der Waals surface area contributed by atoms with Crippen molar-refractivity contribution in [1.29, 1.82) is 0 Å². The third-order valence-electron chi connectivity index (χ3n) is 6.47. The molecule has 2 aliphatic rings. The normalized spacial score (nSPS) is 23.3. The summed E-state index contributed by atoms with van der Waals surface area (Å²) >= 11 is 6.71. The number of alkyl halides is 1. The second-order valence-corrected chi connectivity index (χ2v) is 9.58. The van der Waals surface area contributed by atoms with E-state index in [0.29, 0.717) is 11.4 Å². The molecule has 8 nitrogen and oxygen atoms in total. The van der Waals surface area contributed by atoms with Crippen LogP contribution in [0.15, 0.2) is 70.7 Å². The summed E-state index contributed by atoms with van der Waals surface area (Å²) < 4.78 is 9.05. The van der Waals surface area contributed by atoms with E-state index in [2.05, 4.69) is 15.0 Å². The molecule has 34 heavy (non-hydrogen) atoms. The number of halogens is 1. The number of methoxy groups -OCH3 is 1. The van der Waals surface area contributed by atoms with E-state index in [1.165, 1.54) is 7.11 Å². The molecule has 1 saturated heterocycles. The summed E-state index contributed by atoms with van der Waals surface area (Å²) in [6.45, 7) is 3.65. The number of likely N-dealkylation sites (tertiary alicyclic amines) is 1. The van der Waals surface area contributed by atoms with E-state index >= 15 is 0 Å². The lowest BCUT2D eigenvalue weighted by Crippen LogP contribution is -2.50. The Morgan fingerprint density at radius 3 is 2.62 bits per heavy atom. The third kappa shape index (κ3) is 4.19. The van der Waals surface area contributed by atoms with Gasteiger partial charge in [-0.1, -0.05) is 24.3 Å². The highest BCUT2D eigenvalue weighted by molar-refractivity contribution is 6.26. The van der Waals surface area contributed by atoms with Gasteiger partial charge in [0, 0.05) is 19.3 Å². The Balaban J connectivity index is 1.44. The lowest BCUT2D eigenvalue weighted by atomic mass is 9.99. The van der Waals surface area contributed by atoms with Crippen molar-refractivity contribution in [3.63, 3.8) is 0 Å². The zero-order chi connectivity index (χ0) is 23.7. The lowest BCUT2D eigenvalue weighted by molar-refractivity contribution is 0.120. The second kappa shape index (κ2) is 9.19. The maximum atomic E-state index is 13.2. The molecule has 0 amide bonds. The summed E-state index contributed by atoms with van der Waals surface area (Å²) in [7, 11) is 1.51. The molecule has 4 heterocycles. The summed E-state index contributed by atoms with van der Waals surface area (Å²) in [5, 5.41) is 9.20. The number of piperidine rings is 1. The Labute approximate surface area is 203 Å². The average molecular weight is 479 g/mol. The molecule has 2 aromatic heterocycles. The van der Waals surface area contributed by atoms with Gasteiger partial charge in [-0.05, 0) is 44.0 Å². The summed E-state index contributed by atoms with van der Waals surface area (Å²) in [5.41, 5.74) is 1.55. The van der Waals surface area contributed by atoms with Crippen molar-refractivity contribution in [2.24, 2.45) is 4.99 Å². The number of para-hydroxylation sites is 1. The van der Waals surface area contributed by atoms with Gasteiger partial charge in [-0.2, -0.15) is 10.2 Å². The van der Waals surface area contributed by atoms with Crippen LogP contribution in [0.4, 0.5) is 0 Å². The van der Waals surface area contributed by atoms with Crippen LogP contribution in [-0.4, -0.2) is 61.9 Å². The fourth-order valence-corrected chi connectivity index (χ4v) is 4.95. The summed E-state index contributed by atoms with van der Waals surface area (Å²) in [6, 6.07) is 11.6. The standard InChI is InChI=1S/C25H27ClN6O2/c1-25(26)12-6-13-27-24(25)30-15-10-18(11-16-30)31-17-21(34-2)23(33)22(29-31)20-9-14-28-32(20)19-7-4-3-5-8-19/h3-9,12-14,17-18,24H,10-11,15-16H2,1-2H3. The van der Waals surface area contributed by atoms with Crippen LogP contribution >= 0.6 is 11.6 Å². The Kier molecular flexibility index (Phi) is 6.10. The molecule has 2 aliphatic heterocycles. The van der Waals surface area contributed by atoms with Crippen LogP contribution in [0.3, 0.4) is 0 Å². The van der Waals surface area contributed by atoms with Crippen molar-refractivity contribution in [2.45, 2.75) is 36.8 Å². The highest BCUT2D eigenvalue weighted by atomic mass is 35.5. The molecule has 176 valence electrons. The molecular weight excluding hydrogens is 452 g/mol. The van der Waals surface area contributed by atoms with Crippen LogP contribution in [0.5, 0.6) is 5.75 Å². The first-order chi connectivity index (χ1) is 16.5. The molecule has 1 aromatic carbocycles. The molecule has 0 radical (unpaired) electrons. The lowest BCUT2D eigenvalue weighted by Gasteiger charge is -2.41. The van der Waals surface area contributed by atoms with Gasteiger partial charge in [-0.25, -0.2) is 4.68 Å². The Hall–Kier alpha value is -3.23. The number of rotatable bonds is 5. The van der Waals surface area contributed by atoms with Crippen LogP contribution < -0.4 is 10.2 Å². The first kappa shape index (κ1) is 22.6. The van der Waals surface area contributed by atoms with Crippen LogP contribution in [-0.2, 0) is 0 Å². The van der Waals surface area contributed by atoms with Gasteiger partial charge in [0.2, 0.25) is 0 Å². The molecule has 0 aliphatic carbocycles. The van der Waals surface area contributed by atoms with E-state index in [-0.39, 0.29) is 23.4 Å². The van der Waals surface area contributed by atoms with Gasteiger partial charge >= 0.3 is 0 Å². The van der Waals surface area contributed by atoms with Crippen molar-refractivity contribution in [2.75, 3.05) is 20.2 Å². The van der Waals surface area contributed by atoms with E-state index in [0.717, 1.165) is 31.6 Å². The van der Waals surface area contributed by atoms with Gasteiger partial charge in [-0.15, -0.1) is 11.6 Å². The van der Waals surface area contributed by atoms with Gasteiger partial charge in [0.05, 0.1) is 41.8 Å². The van der Waals surface area contributed by atoms with E-state index in [1.807, 2.05) is 60.3 Å². The fraction of sp³-hybridized carbons (Fsp3) is 0.360. The van der Waals surface area contributed by atoms with Crippen molar-refractivity contribution in [3.8, 4) is 22.8 Å². The van der Waals surface area contributed by atoms with E-state index < -0.39 is 4.87 Å². The molecule has 3 aromatic rings. The molecule has 0 spiro atoms. The smallest absolute Gasteiger partial charge is 0.251 e. The number of dihydropyridines is 1. The highest BCUT2D eigenvalue weighted by Crippen LogP contribution is 2.33. The minimum atomic E-state index is -0.524. The zero-order valence-corrected chi connectivity index (χ0v) is 20.0. The Morgan fingerprint density at radius 2 is 1.91 bits per heavy atom. The maximum Gasteiger partial charge on any atom is 0.251 e. The van der Waals surface area contributed by atoms with Gasteiger partial charge < -0.3 is 4.74 Å². The molecule has 2 unspecified atom stereocenters. The van der Waals surface area contributed by atoms with E-state index in [1.54, 1.807) is 23.1 Å². The average Bonchev–Trinajstić information content (AvgIpc) is 3.34. The Morgan fingerprint density at radius 1 is 1.15 bits per heavy atom. The van der Waals surface area contributed by atoms with Crippen LogP contribution in [0, 0.1) is 0 Å². The maximum absolute atomic E-state index is 13.2. The number of ether oxygens (including phenoxy) is 1. The summed E-state index contributed by atoms with van der Waals surface area (Å²) in [6.07, 6.45) is 10.7. The monoisotopic (exact) mass is 478 g/mol. The zero-order valence-electron chi connectivity index (χ0n) is 19.2. The first-order valence-corrected chi connectivity index (χ1v) is 11.8. The van der Waals surface area contributed by atoms with Gasteiger partial charge in [-0.3, -0.25) is 19.4 Å². The number of nitrogens with zero attached hydrogens (tertiary/aromatic N) is 6. The molecular formula is C25H27ClN6O2. The quantitative estimate of drug-likeness (QED) is 0.522. The number of aromatic nitrogens is 4. The summed E-state index contributed by atoms with van der Waals surface area (Å²) in [4.78, 5) is 19.6. The predicted octanol–water partition coefficient (Wildman–Crippen LogP) is 3.71. The van der Waals surface area contributed by atoms with Crippen molar-refractivity contribution >= 4 is 17.8 Å². The van der Waals surface area contributed by atoms with Crippen LogP contribution in [0.25, 0.3) is 17.1 Å².